The molecule has 3 aromatic rings. The smallest absolute Gasteiger partial charge is 0.151 e. The van der Waals surface area contributed by atoms with Crippen LogP contribution in [0.1, 0.15) is 11.3 Å². The second-order valence-electron chi connectivity index (χ2n) is 5.13. The Hall–Kier alpha value is -2.88. The normalized spacial score (nSPS) is 11.5. The van der Waals surface area contributed by atoms with Crippen LogP contribution in [0.15, 0.2) is 48.5 Å². The monoisotopic (exact) mass is 308 g/mol. The Labute approximate surface area is 135 Å². The van der Waals surface area contributed by atoms with Crippen molar-refractivity contribution >= 4 is 28.4 Å². The Kier molecular flexibility index (Phi) is 4.24. The maximum Gasteiger partial charge on any atom is 0.151 e. The first-order valence-electron chi connectivity index (χ1n) is 7.46. The van der Waals surface area contributed by atoms with Gasteiger partial charge in [0, 0.05) is 35.3 Å². The Morgan fingerprint density at radius 2 is 1.78 bits per heavy atom. The highest BCUT2D eigenvalue weighted by molar-refractivity contribution is 5.93. The standard InChI is InChI=1S/C19H20N2O2/c1-20-15-10-6-4-8-13(15)18(22-2)12-17-19(23-3)14-9-5-7-11-16(14)21-17/h4-12,20-21H,1-3H3/b18-12-. The number of anilines is 1. The van der Waals surface area contributed by atoms with Gasteiger partial charge in [0.2, 0.25) is 0 Å². The number of rotatable bonds is 5. The predicted octanol–water partition coefficient (Wildman–Crippen LogP) is 4.36. The summed E-state index contributed by atoms with van der Waals surface area (Å²) < 4.78 is 11.2. The van der Waals surface area contributed by atoms with Crippen LogP contribution in [0.3, 0.4) is 0 Å². The maximum absolute atomic E-state index is 5.62. The van der Waals surface area contributed by atoms with Crippen molar-refractivity contribution in [2.45, 2.75) is 0 Å². The van der Waals surface area contributed by atoms with E-state index in [0.717, 1.165) is 39.4 Å². The van der Waals surface area contributed by atoms with Crippen LogP contribution < -0.4 is 10.1 Å². The fraction of sp³-hybridized carbons (Fsp3) is 0.158. The summed E-state index contributed by atoms with van der Waals surface area (Å²) in [6.45, 7) is 0. The molecule has 0 aliphatic heterocycles. The van der Waals surface area contributed by atoms with Crippen molar-refractivity contribution in [1.82, 2.24) is 4.98 Å². The number of ether oxygens (including phenoxy) is 2. The highest BCUT2D eigenvalue weighted by Crippen LogP contribution is 2.33. The highest BCUT2D eigenvalue weighted by atomic mass is 16.5. The molecule has 1 aromatic heterocycles. The van der Waals surface area contributed by atoms with Crippen molar-refractivity contribution in [1.29, 1.82) is 0 Å². The molecule has 0 amide bonds. The van der Waals surface area contributed by atoms with E-state index in [1.165, 1.54) is 0 Å². The summed E-state index contributed by atoms with van der Waals surface area (Å²) in [7, 11) is 5.25. The van der Waals surface area contributed by atoms with E-state index in [9.17, 15) is 0 Å². The number of benzene rings is 2. The number of nitrogens with one attached hydrogen (secondary N) is 2. The van der Waals surface area contributed by atoms with Gasteiger partial charge in [-0.3, -0.25) is 0 Å². The van der Waals surface area contributed by atoms with E-state index in [0.29, 0.717) is 0 Å². The van der Waals surface area contributed by atoms with Crippen molar-refractivity contribution < 1.29 is 9.47 Å². The van der Waals surface area contributed by atoms with Crippen LogP contribution in [-0.2, 0) is 4.74 Å². The van der Waals surface area contributed by atoms with Gasteiger partial charge in [-0.05, 0) is 24.3 Å². The summed E-state index contributed by atoms with van der Waals surface area (Å²) in [4.78, 5) is 3.39. The number of aromatic nitrogens is 1. The fourth-order valence-electron chi connectivity index (χ4n) is 2.75. The Balaban J connectivity index is 2.15. The zero-order chi connectivity index (χ0) is 16.2. The molecule has 4 heteroatoms. The largest absolute Gasteiger partial charge is 0.496 e. The van der Waals surface area contributed by atoms with E-state index in [-0.39, 0.29) is 0 Å². The lowest BCUT2D eigenvalue weighted by atomic mass is 10.1. The lowest BCUT2D eigenvalue weighted by molar-refractivity contribution is 0.372. The van der Waals surface area contributed by atoms with Gasteiger partial charge in [0.25, 0.3) is 0 Å². The summed E-state index contributed by atoms with van der Waals surface area (Å²) in [5.74, 6) is 1.58. The van der Waals surface area contributed by atoms with Gasteiger partial charge in [0.1, 0.15) is 5.76 Å². The van der Waals surface area contributed by atoms with E-state index < -0.39 is 0 Å². The van der Waals surface area contributed by atoms with Crippen LogP contribution in [0.4, 0.5) is 5.69 Å². The van der Waals surface area contributed by atoms with Gasteiger partial charge in [0.15, 0.2) is 5.75 Å². The molecule has 3 rings (SSSR count). The molecule has 0 saturated carbocycles. The molecule has 23 heavy (non-hydrogen) atoms. The molecule has 2 aromatic carbocycles. The molecule has 0 spiro atoms. The number of hydrogen-bond donors (Lipinski definition) is 2. The molecule has 0 aliphatic rings. The summed E-state index contributed by atoms with van der Waals surface area (Å²) in [5, 5.41) is 4.24. The van der Waals surface area contributed by atoms with Crippen LogP contribution in [0.2, 0.25) is 0 Å². The van der Waals surface area contributed by atoms with Crippen molar-refractivity contribution in [3.05, 3.63) is 59.8 Å². The third-order valence-electron chi connectivity index (χ3n) is 3.85. The molecule has 0 radical (unpaired) electrons. The van der Waals surface area contributed by atoms with Crippen LogP contribution >= 0.6 is 0 Å². The number of hydrogen-bond acceptors (Lipinski definition) is 3. The topological polar surface area (TPSA) is 46.3 Å². The van der Waals surface area contributed by atoms with Gasteiger partial charge < -0.3 is 19.8 Å². The number of H-pyrrole nitrogens is 1. The molecule has 118 valence electrons. The van der Waals surface area contributed by atoms with Crippen molar-refractivity contribution in [2.24, 2.45) is 0 Å². The van der Waals surface area contributed by atoms with Gasteiger partial charge in [-0.15, -0.1) is 0 Å². The average Bonchev–Trinajstić information content (AvgIpc) is 2.96. The van der Waals surface area contributed by atoms with Gasteiger partial charge in [-0.1, -0.05) is 24.3 Å². The molecule has 0 unspecified atom stereocenters. The average molecular weight is 308 g/mol. The molecule has 0 fully saturated rings. The first-order valence-corrected chi connectivity index (χ1v) is 7.46. The molecule has 0 saturated heterocycles. The lowest BCUT2D eigenvalue weighted by Gasteiger charge is -2.12. The second kappa shape index (κ2) is 6.48. The molecule has 0 bridgehead atoms. The lowest BCUT2D eigenvalue weighted by Crippen LogP contribution is -1.96. The molecular formula is C19H20N2O2. The summed E-state index contributed by atoms with van der Waals surface area (Å²) >= 11 is 0. The number of aromatic amines is 1. The molecule has 2 N–H and O–H groups in total. The zero-order valence-corrected chi connectivity index (χ0v) is 13.5. The Morgan fingerprint density at radius 3 is 2.52 bits per heavy atom. The van der Waals surface area contributed by atoms with E-state index in [1.54, 1.807) is 14.2 Å². The third-order valence-corrected chi connectivity index (χ3v) is 3.85. The van der Waals surface area contributed by atoms with E-state index in [1.807, 2.05) is 61.7 Å². The van der Waals surface area contributed by atoms with Gasteiger partial charge in [-0.2, -0.15) is 0 Å². The minimum atomic E-state index is 0.764. The van der Waals surface area contributed by atoms with Gasteiger partial charge in [-0.25, -0.2) is 0 Å². The fourth-order valence-corrected chi connectivity index (χ4v) is 2.75. The molecule has 1 heterocycles. The zero-order valence-electron chi connectivity index (χ0n) is 13.5. The second-order valence-corrected chi connectivity index (χ2v) is 5.13. The third kappa shape index (κ3) is 2.75. The van der Waals surface area contributed by atoms with E-state index >= 15 is 0 Å². The first-order chi connectivity index (χ1) is 11.3. The quantitative estimate of drug-likeness (QED) is 0.688. The number of methoxy groups -OCH3 is 2. The van der Waals surface area contributed by atoms with Gasteiger partial charge >= 0.3 is 0 Å². The van der Waals surface area contributed by atoms with Gasteiger partial charge in [0.05, 0.1) is 19.9 Å². The Bertz CT molecular complexity index is 849. The summed E-state index contributed by atoms with van der Waals surface area (Å²) in [6, 6.07) is 16.1. The number of para-hydroxylation sites is 2. The van der Waals surface area contributed by atoms with E-state index in [4.69, 9.17) is 9.47 Å². The van der Waals surface area contributed by atoms with Crippen LogP contribution in [0, 0.1) is 0 Å². The first kappa shape index (κ1) is 15.0. The summed E-state index contributed by atoms with van der Waals surface area (Å²) in [5.41, 5.74) is 3.93. The van der Waals surface area contributed by atoms with Crippen LogP contribution in [-0.4, -0.2) is 26.3 Å². The minimum Gasteiger partial charge on any atom is -0.496 e. The summed E-state index contributed by atoms with van der Waals surface area (Å²) in [6.07, 6.45) is 1.97. The van der Waals surface area contributed by atoms with Crippen molar-refractivity contribution in [3.63, 3.8) is 0 Å². The Morgan fingerprint density at radius 1 is 1.04 bits per heavy atom. The van der Waals surface area contributed by atoms with Crippen LogP contribution in [0.5, 0.6) is 5.75 Å². The van der Waals surface area contributed by atoms with Crippen LogP contribution in [0.25, 0.3) is 22.7 Å². The molecule has 0 atom stereocenters. The maximum atomic E-state index is 5.62. The molecule has 4 nitrogen and oxygen atoms in total. The highest BCUT2D eigenvalue weighted by Gasteiger charge is 2.13. The predicted molar refractivity (Wildman–Crippen MR) is 95.7 cm³/mol. The molecule has 0 aliphatic carbocycles. The van der Waals surface area contributed by atoms with Crippen molar-refractivity contribution in [3.8, 4) is 5.75 Å². The molecular weight excluding hydrogens is 288 g/mol. The van der Waals surface area contributed by atoms with Crippen molar-refractivity contribution in [2.75, 3.05) is 26.6 Å². The minimum absolute atomic E-state index is 0.764. The van der Waals surface area contributed by atoms with E-state index in [2.05, 4.69) is 10.3 Å². The SMILES string of the molecule is CNc1ccccc1/C(=C/c1[nH]c2ccccc2c1OC)OC. The number of fused-ring (bicyclic) bond motifs is 1.